The highest BCUT2D eigenvalue weighted by molar-refractivity contribution is 8.14. The number of nitriles is 1. The molecule has 1 heterocycles. The second-order valence-corrected chi connectivity index (χ2v) is 5.29. The molecule has 0 unspecified atom stereocenters. The van der Waals surface area contributed by atoms with Crippen molar-refractivity contribution in [2.45, 2.75) is 13.2 Å². The van der Waals surface area contributed by atoms with Gasteiger partial charge in [-0.2, -0.15) is 5.26 Å². The number of amidine groups is 1. The Morgan fingerprint density at radius 1 is 1.43 bits per heavy atom. The van der Waals surface area contributed by atoms with Gasteiger partial charge >= 0.3 is 5.97 Å². The highest BCUT2D eigenvalue weighted by Crippen LogP contribution is 2.23. The van der Waals surface area contributed by atoms with E-state index >= 15 is 0 Å². The number of carbonyl (C=O) groups is 2. The van der Waals surface area contributed by atoms with Crippen molar-refractivity contribution in [1.29, 1.82) is 5.26 Å². The van der Waals surface area contributed by atoms with Crippen molar-refractivity contribution in [3.05, 3.63) is 35.9 Å². The van der Waals surface area contributed by atoms with Gasteiger partial charge in [-0.15, -0.1) is 4.99 Å². The van der Waals surface area contributed by atoms with Gasteiger partial charge in [-0.05, 0) is 0 Å². The average molecular weight is 303 g/mol. The molecule has 0 amide bonds. The van der Waals surface area contributed by atoms with Crippen LogP contribution in [0.5, 0.6) is 0 Å². The number of hydrogen-bond donors (Lipinski definition) is 0. The van der Waals surface area contributed by atoms with Crippen molar-refractivity contribution in [2.24, 2.45) is 4.99 Å². The largest absolute Gasteiger partial charge is 0.434 e. The van der Waals surface area contributed by atoms with Crippen molar-refractivity contribution in [2.75, 3.05) is 12.3 Å². The number of benzene rings is 1. The highest BCUT2D eigenvalue weighted by Gasteiger charge is 2.35. The van der Waals surface area contributed by atoms with E-state index in [2.05, 4.69) is 4.99 Å². The summed E-state index contributed by atoms with van der Waals surface area (Å²) >= 11 is 1.35. The maximum absolute atomic E-state index is 12.6. The van der Waals surface area contributed by atoms with E-state index in [1.54, 1.807) is 41.4 Å². The second kappa shape index (κ2) is 6.90. The SMILES string of the molecule is CC(=O)O[C@H](C(=O)c1ccccc1)N1CCSC1=NC#N. The van der Waals surface area contributed by atoms with Gasteiger partial charge in [0, 0.05) is 24.8 Å². The molecule has 0 aliphatic carbocycles. The van der Waals surface area contributed by atoms with Crippen LogP contribution in [-0.2, 0) is 9.53 Å². The topological polar surface area (TPSA) is 82.8 Å². The molecule has 1 aromatic carbocycles. The first-order valence-corrected chi connectivity index (χ1v) is 7.24. The van der Waals surface area contributed by atoms with Crippen LogP contribution >= 0.6 is 11.8 Å². The summed E-state index contributed by atoms with van der Waals surface area (Å²) in [6, 6.07) is 8.58. The van der Waals surface area contributed by atoms with Crippen LogP contribution in [0.2, 0.25) is 0 Å². The number of carbonyl (C=O) groups excluding carboxylic acids is 2. The zero-order valence-electron chi connectivity index (χ0n) is 11.4. The summed E-state index contributed by atoms with van der Waals surface area (Å²) in [7, 11) is 0. The summed E-state index contributed by atoms with van der Waals surface area (Å²) in [6.07, 6.45) is 0.609. The smallest absolute Gasteiger partial charge is 0.304 e. The normalized spacial score (nSPS) is 17.3. The molecule has 0 N–H and O–H groups in total. The molecule has 1 aliphatic heterocycles. The fourth-order valence-electron chi connectivity index (χ4n) is 1.93. The molecule has 0 bridgehead atoms. The van der Waals surface area contributed by atoms with Gasteiger partial charge < -0.3 is 9.64 Å². The third-order valence-electron chi connectivity index (χ3n) is 2.80. The Kier molecular flexibility index (Phi) is 4.95. The van der Waals surface area contributed by atoms with Crippen molar-refractivity contribution in [1.82, 2.24) is 4.90 Å². The second-order valence-electron chi connectivity index (χ2n) is 4.23. The molecule has 1 saturated heterocycles. The molecule has 6 nitrogen and oxygen atoms in total. The number of thioether (sulfide) groups is 1. The van der Waals surface area contributed by atoms with Crippen LogP contribution in [0.4, 0.5) is 0 Å². The minimum Gasteiger partial charge on any atom is -0.434 e. The minimum absolute atomic E-state index is 0.334. The van der Waals surface area contributed by atoms with Gasteiger partial charge in [0.05, 0.1) is 0 Å². The Morgan fingerprint density at radius 2 is 2.14 bits per heavy atom. The van der Waals surface area contributed by atoms with Crippen LogP contribution in [0.25, 0.3) is 0 Å². The van der Waals surface area contributed by atoms with Gasteiger partial charge in [-0.1, -0.05) is 42.1 Å². The fraction of sp³-hybridized carbons (Fsp3) is 0.286. The minimum atomic E-state index is -1.09. The number of rotatable bonds is 4. The van der Waals surface area contributed by atoms with Gasteiger partial charge in [0.25, 0.3) is 0 Å². The molecule has 0 spiro atoms. The molecular formula is C14H13N3O3S. The van der Waals surface area contributed by atoms with E-state index in [1.807, 2.05) is 0 Å². The number of Topliss-reactive ketones (excluding diaryl/α,β-unsaturated/α-hetero) is 1. The molecule has 1 fully saturated rings. The first-order valence-electron chi connectivity index (χ1n) is 6.26. The number of ketones is 1. The Bertz CT molecular complexity index is 610. The van der Waals surface area contributed by atoms with Crippen LogP contribution in [0.1, 0.15) is 17.3 Å². The van der Waals surface area contributed by atoms with Gasteiger partial charge in [0.15, 0.2) is 5.17 Å². The number of ether oxygens (including phenoxy) is 1. The third kappa shape index (κ3) is 3.61. The van der Waals surface area contributed by atoms with Crippen LogP contribution in [0.15, 0.2) is 35.3 Å². The standard InChI is InChI=1S/C14H13N3O3S/c1-10(18)20-13(12(19)11-5-3-2-4-6-11)17-7-8-21-14(17)16-9-15/h2-6,13H,7-8H2,1H3/t13-/m1/s1. The first-order chi connectivity index (χ1) is 10.1. The number of hydrogen-bond acceptors (Lipinski definition) is 6. The van der Waals surface area contributed by atoms with Crippen LogP contribution < -0.4 is 0 Å². The number of esters is 1. The molecule has 2 rings (SSSR count). The fourth-order valence-corrected chi connectivity index (χ4v) is 2.86. The van der Waals surface area contributed by atoms with E-state index in [1.165, 1.54) is 18.7 Å². The molecule has 1 aliphatic rings. The predicted molar refractivity (Wildman–Crippen MR) is 78.5 cm³/mol. The number of nitrogens with zero attached hydrogens (tertiary/aromatic N) is 3. The van der Waals surface area contributed by atoms with Crippen molar-refractivity contribution >= 4 is 28.7 Å². The lowest BCUT2D eigenvalue weighted by Crippen LogP contribution is -2.44. The van der Waals surface area contributed by atoms with Crippen molar-refractivity contribution in [3.8, 4) is 6.19 Å². The Morgan fingerprint density at radius 3 is 2.76 bits per heavy atom. The molecule has 0 aromatic heterocycles. The lowest BCUT2D eigenvalue weighted by atomic mass is 10.1. The van der Waals surface area contributed by atoms with E-state index in [0.717, 1.165) is 0 Å². The molecular weight excluding hydrogens is 290 g/mol. The maximum atomic E-state index is 12.6. The van der Waals surface area contributed by atoms with Gasteiger partial charge in [-0.25, -0.2) is 0 Å². The molecule has 108 valence electrons. The van der Waals surface area contributed by atoms with E-state index < -0.39 is 12.2 Å². The van der Waals surface area contributed by atoms with E-state index in [4.69, 9.17) is 10.00 Å². The zero-order chi connectivity index (χ0) is 15.2. The van der Waals surface area contributed by atoms with Crippen LogP contribution in [0.3, 0.4) is 0 Å². The molecule has 1 aromatic rings. The lowest BCUT2D eigenvalue weighted by Gasteiger charge is -2.26. The van der Waals surface area contributed by atoms with Gasteiger partial charge in [0.2, 0.25) is 18.2 Å². The first kappa shape index (κ1) is 15.1. The van der Waals surface area contributed by atoms with Crippen molar-refractivity contribution in [3.63, 3.8) is 0 Å². The van der Waals surface area contributed by atoms with E-state index in [9.17, 15) is 9.59 Å². The molecule has 21 heavy (non-hydrogen) atoms. The highest BCUT2D eigenvalue weighted by atomic mass is 32.2. The quantitative estimate of drug-likeness (QED) is 0.478. The third-order valence-corrected chi connectivity index (χ3v) is 3.77. The Labute approximate surface area is 126 Å². The summed E-state index contributed by atoms with van der Waals surface area (Å²) in [5.41, 5.74) is 0.442. The monoisotopic (exact) mass is 303 g/mol. The summed E-state index contributed by atoms with van der Waals surface area (Å²) in [4.78, 5) is 29.1. The predicted octanol–water partition coefficient (Wildman–Crippen LogP) is 1.64. The van der Waals surface area contributed by atoms with Crippen LogP contribution in [-0.4, -0.2) is 40.3 Å². The Hall–Kier alpha value is -2.33. The van der Waals surface area contributed by atoms with Gasteiger partial charge in [-0.3, -0.25) is 9.59 Å². The van der Waals surface area contributed by atoms with Gasteiger partial charge in [0.1, 0.15) is 0 Å². The molecule has 7 heteroatoms. The lowest BCUT2D eigenvalue weighted by molar-refractivity contribution is -0.149. The van der Waals surface area contributed by atoms with E-state index in [0.29, 0.717) is 23.0 Å². The molecule has 1 atom stereocenters. The summed E-state index contributed by atoms with van der Waals surface area (Å²) in [5.74, 6) is -0.211. The van der Waals surface area contributed by atoms with Crippen LogP contribution in [0, 0.1) is 11.5 Å². The molecule has 0 saturated carbocycles. The Balaban J connectivity index is 2.31. The summed E-state index contributed by atoms with van der Waals surface area (Å²) < 4.78 is 5.16. The zero-order valence-corrected chi connectivity index (χ0v) is 12.2. The van der Waals surface area contributed by atoms with Crippen molar-refractivity contribution < 1.29 is 14.3 Å². The average Bonchev–Trinajstić information content (AvgIpc) is 2.93. The number of aliphatic imine (C=N–C) groups is 1. The summed E-state index contributed by atoms with van der Waals surface area (Å²) in [6.45, 7) is 1.73. The maximum Gasteiger partial charge on any atom is 0.304 e. The molecule has 0 radical (unpaired) electrons. The van der Waals surface area contributed by atoms with E-state index in [-0.39, 0.29) is 5.78 Å². The summed E-state index contributed by atoms with van der Waals surface area (Å²) in [5, 5.41) is 9.09.